The Morgan fingerprint density at radius 2 is 1.76 bits per heavy atom. The molecule has 0 aromatic heterocycles. The molecule has 0 saturated carbocycles. The van der Waals surface area contributed by atoms with E-state index in [1.807, 2.05) is 6.26 Å². The molecule has 17 heavy (non-hydrogen) atoms. The van der Waals surface area contributed by atoms with E-state index in [9.17, 15) is 9.59 Å². The van der Waals surface area contributed by atoms with Crippen molar-refractivity contribution in [2.75, 3.05) is 12.0 Å². The lowest BCUT2D eigenvalue weighted by Gasteiger charge is -2.22. The number of hydrogen-bond acceptors (Lipinski definition) is 4. The number of thioether (sulfide) groups is 1. The Kier molecular flexibility index (Phi) is 9.44. The third-order valence-electron chi connectivity index (χ3n) is 2.10. The van der Waals surface area contributed by atoms with E-state index in [1.54, 1.807) is 11.8 Å². The van der Waals surface area contributed by atoms with Gasteiger partial charge in [-0.15, -0.1) is 0 Å². The summed E-state index contributed by atoms with van der Waals surface area (Å²) in [5.74, 6) is 0.526. The van der Waals surface area contributed by atoms with Crippen molar-refractivity contribution in [3.63, 3.8) is 0 Å². The lowest BCUT2D eigenvalue weighted by atomic mass is 10.1. The molecule has 0 spiro atoms. The Balaban J connectivity index is 4.25. The average Bonchev–Trinajstić information content (AvgIpc) is 2.22. The molecule has 1 radical (unpaired) electrons. The monoisotopic (exact) mass is 277 g/mol. The van der Waals surface area contributed by atoms with Crippen molar-refractivity contribution >= 4 is 36.2 Å². The average molecular weight is 277 g/mol. The van der Waals surface area contributed by atoms with Gasteiger partial charge in [-0.05, 0) is 24.9 Å². The van der Waals surface area contributed by atoms with E-state index in [-0.39, 0.29) is 11.8 Å². The molecule has 1 atom stereocenters. The lowest BCUT2D eigenvalue weighted by Crippen LogP contribution is -2.40. The summed E-state index contributed by atoms with van der Waals surface area (Å²) < 4.78 is 0. The van der Waals surface area contributed by atoms with Crippen molar-refractivity contribution in [1.82, 2.24) is 10.6 Å². The second-order valence-electron chi connectivity index (χ2n) is 3.77. The topological polar surface area (TPSA) is 58.2 Å². The smallest absolute Gasteiger partial charge is 0.218 e. The van der Waals surface area contributed by atoms with Gasteiger partial charge in [0.15, 0.2) is 6.17 Å². The number of carbonyl (C=O) groups is 2. The number of nitrogens with one attached hydrogen (secondary N) is 2. The summed E-state index contributed by atoms with van der Waals surface area (Å²) in [6.45, 7) is 2.87. The second kappa shape index (κ2) is 9.65. The molecule has 4 nitrogen and oxygen atoms in total. The highest BCUT2D eigenvalue weighted by Gasteiger charge is 2.18. The van der Waals surface area contributed by atoms with Crippen LogP contribution in [0, 0.1) is 6.17 Å². The van der Waals surface area contributed by atoms with Crippen LogP contribution in [-0.2, 0) is 9.59 Å². The largest absolute Gasteiger partial charge is 0.330 e. The fourth-order valence-corrected chi connectivity index (χ4v) is 2.33. The van der Waals surface area contributed by atoms with E-state index in [2.05, 4.69) is 23.3 Å². The Hall–Kier alpha value is -0.360. The number of hydrogen-bond donors (Lipinski definition) is 3. The number of carbonyl (C=O) groups excluding carboxylic acids is 2. The Morgan fingerprint density at radius 1 is 1.24 bits per heavy atom. The zero-order valence-electron chi connectivity index (χ0n) is 10.6. The molecule has 0 aliphatic heterocycles. The normalized spacial score (nSPS) is 12.3. The van der Waals surface area contributed by atoms with Crippen molar-refractivity contribution in [2.24, 2.45) is 0 Å². The van der Waals surface area contributed by atoms with Gasteiger partial charge in [0, 0.05) is 25.5 Å². The molecule has 99 valence electrons. The van der Waals surface area contributed by atoms with Gasteiger partial charge in [-0.3, -0.25) is 9.59 Å². The summed E-state index contributed by atoms with van der Waals surface area (Å²) in [7, 11) is 0. The molecule has 0 bridgehead atoms. The van der Waals surface area contributed by atoms with Gasteiger partial charge < -0.3 is 10.6 Å². The van der Waals surface area contributed by atoms with E-state index in [0.29, 0.717) is 17.8 Å². The van der Waals surface area contributed by atoms with Gasteiger partial charge in [-0.2, -0.15) is 24.4 Å². The predicted molar refractivity (Wildman–Crippen MR) is 75.9 cm³/mol. The highest BCUT2D eigenvalue weighted by Crippen LogP contribution is 2.20. The molecule has 1 unspecified atom stereocenters. The first-order valence-corrected chi connectivity index (χ1v) is 7.46. The van der Waals surface area contributed by atoms with Crippen molar-refractivity contribution in [3.05, 3.63) is 6.17 Å². The predicted octanol–water partition coefficient (Wildman–Crippen LogP) is 1.58. The molecule has 0 aliphatic rings. The maximum Gasteiger partial charge on any atom is 0.218 e. The van der Waals surface area contributed by atoms with Crippen LogP contribution in [0.15, 0.2) is 0 Å². The molecule has 0 rings (SSSR count). The molecule has 0 aromatic rings. The first-order valence-electron chi connectivity index (χ1n) is 5.54. The van der Waals surface area contributed by atoms with Crippen LogP contribution in [0.5, 0.6) is 0 Å². The molecule has 0 aliphatic carbocycles. The van der Waals surface area contributed by atoms with E-state index in [4.69, 9.17) is 0 Å². The van der Waals surface area contributed by atoms with Crippen molar-refractivity contribution in [1.29, 1.82) is 0 Å². The van der Waals surface area contributed by atoms with Crippen LogP contribution in [0.3, 0.4) is 0 Å². The van der Waals surface area contributed by atoms with Gasteiger partial charge >= 0.3 is 0 Å². The van der Waals surface area contributed by atoms with E-state index in [0.717, 1.165) is 18.6 Å². The highest BCUT2D eigenvalue weighted by atomic mass is 32.2. The summed E-state index contributed by atoms with van der Waals surface area (Å²) in [6, 6.07) is 0. The molecule has 2 amide bonds. The van der Waals surface area contributed by atoms with E-state index < -0.39 is 0 Å². The Bertz CT molecular complexity index is 234. The highest BCUT2D eigenvalue weighted by molar-refractivity contribution is 7.99. The number of rotatable bonds is 8. The summed E-state index contributed by atoms with van der Waals surface area (Å²) in [6.07, 6.45) is 5.33. The summed E-state index contributed by atoms with van der Waals surface area (Å²) in [5, 5.41) is 5.72. The second-order valence-corrected chi connectivity index (χ2v) is 5.35. The minimum absolute atomic E-state index is 0.164. The van der Waals surface area contributed by atoms with E-state index >= 15 is 0 Å². The van der Waals surface area contributed by atoms with Crippen molar-refractivity contribution in [2.45, 2.75) is 38.4 Å². The SMILES string of the molecule is CSC(CCCS)C[C](NC(C)=O)NC(C)=O. The molecule has 0 saturated heterocycles. The third-order valence-corrected chi connectivity index (χ3v) is 3.49. The van der Waals surface area contributed by atoms with Gasteiger partial charge in [0.05, 0.1) is 0 Å². The molecular weight excluding hydrogens is 256 g/mol. The first kappa shape index (κ1) is 16.6. The standard InChI is InChI=1S/C11H21N2O2S2/c1-8(14)12-11(13-9(2)15)7-10(17-3)5-4-6-16/h10,16H,4-7H2,1-3H3,(H,12,14)(H,13,15). The van der Waals surface area contributed by atoms with Crippen LogP contribution >= 0.6 is 24.4 Å². The van der Waals surface area contributed by atoms with Crippen LogP contribution in [0.25, 0.3) is 0 Å². The zero-order valence-corrected chi connectivity index (χ0v) is 12.3. The van der Waals surface area contributed by atoms with Gasteiger partial charge in [0.2, 0.25) is 11.8 Å². The molecule has 0 aromatic carbocycles. The van der Waals surface area contributed by atoms with Crippen LogP contribution < -0.4 is 10.6 Å². The van der Waals surface area contributed by atoms with Gasteiger partial charge in [0.25, 0.3) is 0 Å². The summed E-state index contributed by atoms with van der Waals surface area (Å²) >= 11 is 5.92. The van der Waals surface area contributed by atoms with Crippen LogP contribution in [0.1, 0.15) is 33.1 Å². The summed E-state index contributed by atoms with van der Waals surface area (Å²) in [5.41, 5.74) is 0. The van der Waals surface area contributed by atoms with Gasteiger partial charge in [0.1, 0.15) is 0 Å². The first-order chi connectivity index (χ1) is 7.99. The summed E-state index contributed by atoms with van der Waals surface area (Å²) in [4.78, 5) is 22.0. The lowest BCUT2D eigenvalue weighted by molar-refractivity contribution is -0.120. The minimum Gasteiger partial charge on any atom is -0.330 e. The quantitative estimate of drug-likeness (QED) is 0.590. The Morgan fingerprint density at radius 3 is 2.12 bits per heavy atom. The van der Waals surface area contributed by atoms with Crippen LogP contribution in [0.4, 0.5) is 0 Å². The number of thiol groups is 1. The molecule has 2 N–H and O–H groups in total. The molecular formula is C11H21N2O2S2. The number of amides is 2. The fraction of sp³-hybridized carbons (Fsp3) is 0.727. The van der Waals surface area contributed by atoms with E-state index in [1.165, 1.54) is 13.8 Å². The zero-order chi connectivity index (χ0) is 13.3. The van der Waals surface area contributed by atoms with Crippen LogP contribution in [-0.4, -0.2) is 29.1 Å². The maximum atomic E-state index is 11.0. The van der Waals surface area contributed by atoms with Gasteiger partial charge in [-0.25, -0.2) is 0 Å². The molecule has 0 fully saturated rings. The fourth-order valence-electron chi connectivity index (χ4n) is 1.41. The minimum atomic E-state index is -0.164. The van der Waals surface area contributed by atoms with Crippen molar-refractivity contribution < 1.29 is 9.59 Å². The third kappa shape index (κ3) is 9.35. The van der Waals surface area contributed by atoms with Crippen LogP contribution in [0.2, 0.25) is 0 Å². The van der Waals surface area contributed by atoms with Crippen molar-refractivity contribution in [3.8, 4) is 0 Å². The molecule has 6 heteroatoms. The maximum absolute atomic E-state index is 11.0. The van der Waals surface area contributed by atoms with Gasteiger partial charge in [-0.1, -0.05) is 0 Å². The Labute approximate surface area is 113 Å². The molecule has 0 heterocycles.